The monoisotopic (exact) mass is 490 g/mol. The Balaban J connectivity index is 1.30. The number of aryl methyl sites for hydroxylation is 2. The Bertz CT molecular complexity index is 1170. The number of amides is 1. The van der Waals surface area contributed by atoms with Gasteiger partial charge in [0.15, 0.2) is 0 Å². The summed E-state index contributed by atoms with van der Waals surface area (Å²) >= 11 is 1.01. The number of pyridine rings is 1. The molecule has 0 bridgehead atoms. The lowest BCUT2D eigenvalue weighted by atomic mass is 10.1. The Kier molecular flexibility index (Phi) is 7.14. The number of benzene rings is 1. The van der Waals surface area contributed by atoms with Gasteiger partial charge in [0.05, 0.1) is 4.88 Å². The Hall–Kier alpha value is -2.65. The van der Waals surface area contributed by atoms with E-state index >= 15 is 0 Å². The van der Waals surface area contributed by atoms with Crippen LogP contribution < -0.4 is 10.2 Å². The van der Waals surface area contributed by atoms with E-state index in [2.05, 4.69) is 51.3 Å². The lowest BCUT2D eigenvalue weighted by molar-refractivity contribution is -0.140. The van der Waals surface area contributed by atoms with E-state index in [4.69, 9.17) is 0 Å². The average Bonchev–Trinajstić information content (AvgIpc) is 3.13. The van der Waals surface area contributed by atoms with Gasteiger partial charge in [0, 0.05) is 49.8 Å². The summed E-state index contributed by atoms with van der Waals surface area (Å²) in [5, 5.41) is 3.59. The third-order valence-electron chi connectivity index (χ3n) is 6.30. The minimum Gasteiger partial charge on any atom is -0.369 e. The number of rotatable bonds is 6. The van der Waals surface area contributed by atoms with Gasteiger partial charge in [0.2, 0.25) is 0 Å². The molecule has 3 heterocycles. The zero-order chi connectivity index (χ0) is 24.5. The van der Waals surface area contributed by atoms with Crippen LogP contribution in [0.25, 0.3) is 10.2 Å². The SMILES string of the molecule is Cc1cccc(N2CCN(CCC(C)NC(=O)c3sc4nc(C(F)(F)F)ccc4c3C)CC2)c1. The summed E-state index contributed by atoms with van der Waals surface area (Å²) in [6, 6.07) is 10.9. The van der Waals surface area contributed by atoms with Crippen molar-refractivity contribution < 1.29 is 18.0 Å². The van der Waals surface area contributed by atoms with E-state index in [0.717, 1.165) is 56.5 Å². The van der Waals surface area contributed by atoms with Gasteiger partial charge in [0.1, 0.15) is 10.5 Å². The summed E-state index contributed by atoms with van der Waals surface area (Å²) < 4.78 is 38.9. The molecule has 3 aromatic rings. The van der Waals surface area contributed by atoms with Crippen LogP contribution >= 0.6 is 11.3 Å². The fourth-order valence-corrected chi connectivity index (χ4v) is 5.35. The number of hydrogen-bond acceptors (Lipinski definition) is 5. The number of fused-ring (bicyclic) bond motifs is 1. The van der Waals surface area contributed by atoms with Crippen molar-refractivity contribution in [1.82, 2.24) is 15.2 Å². The average molecular weight is 491 g/mol. The van der Waals surface area contributed by atoms with Gasteiger partial charge in [-0.15, -0.1) is 11.3 Å². The maximum Gasteiger partial charge on any atom is 0.433 e. The maximum absolute atomic E-state index is 13.0. The van der Waals surface area contributed by atoms with Crippen LogP contribution in [0.15, 0.2) is 36.4 Å². The molecule has 1 aliphatic heterocycles. The molecule has 34 heavy (non-hydrogen) atoms. The molecule has 1 aliphatic rings. The molecule has 1 saturated heterocycles. The highest BCUT2D eigenvalue weighted by molar-refractivity contribution is 7.20. The van der Waals surface area contributed by atoms with E-state index in [0.29, 0.717) is 15.8 Å². The van der Waals surface area contributed by atoms with Crippen molar-refractivity contribution in [3.8, 4) is 0 Å². The summed E-state index contributed by atoms with van der Waals surface area (Å²) in [4.78, 5) is 22.0. The summed E-state index contributed by atoms with van der Waals surface area (Å²) in [6.45, 7) is 10.6. The first kappa shape index (κ1) is 24.5. The number of carbonyl (C=O) groups excluding carboxylic acids is 1. The van der Waals surface area contributed by atoms with Crippen LogP contribution in [-0.2, 0) is 6.18 Å². The molecule has 1 unspecified atom stereocenters. The molecule has 1 fully saturated rings. The van der Waals surface area contributed by atoms with Crippen molar-refractivity contribution in [2.75, 3.05) is 37.6 Å². The van der Waals surface area contributed by atoms with Gasteiger partial charge >= 0.3 is 6.18 Å². The van der Waals surface area contributed by atoms with Crippen molar-refractivity contribution in [3.05, 3.63) is 58.1 Å². The molecule has 182 valence electrons. The normalized spacial score (nSPS) is 16.1. The maximum atomic E-state index is 13.0. The van der Waals surface area contributed by atoms with Crippen molar-refractivity contribution in [1.29, 1.82) is 0 Å². The summed E-state index contributed by atoms with van der Waals surface area (Å²) in [5.74, 6) is -0.258. The number of nitrogens with one attached hydrogen (secondary N) is 1. The Morgan fingerprint density at radius 1 is 1.15 bits per heavy atom. The number of halogens is 3. The van der Waals surface area contributed by atoms with E-state index in [1.165, 1.54) is 17.3 Å². The molecule has 0 radical (unpaired) electrons. The lowest BCUT2D eigenvalue weighted by Gasteiger charge is -2.36. The van der Waals surface area contributed by atoms with Gasteiger partial charge < -0.3 is 10.2 Å². The first-order valence-corrected chi connectivity index (χ1v) is 12.3. The summed E-state index contributed by atoms with van der Waals surface area (Å²) in [7, 11) is 0. The molecule has 5 nitrogen and oxygen atoms in total. The summed E-state index contributed by atoms with van der Waals surface area (Å²) in [5.41, 5.74) is 2.24. The molecular weight excluding hydrogens is 461 g/mol. The molecule has 9 heteroatoms. The number of anilines is 1. The number of alkyl halides is 3. The third-order valence-corrected chi connectivity index (χ3v) is 7.50. The molecule has 1 N–H and O–H groups in total. The van der Waals surface area contributed by atoms with E-state index in [-0.39, 0.29) is 16.8 Å². The number of nitrogens with zero attached hydrogens (tertiary/aromatic N) is 3. The Labute approximate surface area is 201 Å². The van der Waals surface area contributed by atoms with Crippen LogP contribution in [-0.4, -0.2) is 54.6 Å². The minimum absolute atomic E-state index is 0.0504. The fraction of sp³-hybridized carbons (Fsp3) is 0.440. The van der Waals surface area contributed by atoms with Crippen LogP contribution in [0.5, 0.6) is 0 Å². The standard InChI is InChI=1S/C25H29F3N4OS/c1-16-5-4-6-19(15-16)32-13-11-31(12-14-32)10-9-17(2)29-23(33)22-18(3)20-7-8-21(25(26,27)28)30-24(20)34-22/h4-8,15,17H,9-14H2,1-3H3,(H,29,33). The van der Waals surface area contributed by atoms with Gasteiger partial charge in [-0.2, -0.15) is 13.2 Å². The van der Waals surface area contributed by atoms with Crippen molar-refractivity contribution in [3.63, 3.8) is 0 Å². The number of piperazine rings is 1. The number of carbonyl (C=O) groups is 1. The van der Waals surface area contributed by atoms with Crippen LogP contribution in [0.3, 0.4) is 0 Å². The van der Waals surface area contributed by atoms with E-state index in [1.54, 1.807) is 6.92 Å². The molecule has 0 spiro atoms. The fourth-order valence-electron chi connectivity index (χ4n) is 4.27. The predicted molar refractivity (Wildman–Crippen MR) is 131 cm³/mol. The van der Waals surface area contributed by atoms with Gasteiger partial charge in [-0.1, -0.05) is 12.1 Å². The number of hydrogen-bond donors (Lipinski definition) is 1. The van der Waals surface area contributed by atoms with E-state index < -0.39 is 11.9 Å². The zero-order valence-electron chi connectivity index (χ0n) is 19.6. The minimum atomic E-state index is -4.51. The number of thiophene rings is 1. The van der Waals surface area contributed by atoms with Crippen LogP contribution in [0.2, 0.25) is 0 Å². The summed E-state index contributed by atoms with van der Waals surface area (Å²) in [6.07, 6.45) is -3.70. The molecule has 0 aliphatic carbocycles. The molecule has 1 aromatic carbocycles. The first-order valence-electron chi connectivity index (χ1n) is 11.4. The largest absolute Gasteiger partial charge is 0.433 e. The smallest absolute Gasteiger partial charge is 0.369 e. The van der Waals surface area contributed by atoms with Crippen molar-refractivity contribution in [2.45, 2.75) is 39.4 Å². The third kappa shape index (κ3) is 5.52. The van der Waals surface area contributed by atoms with Crippen LogP contribution in [0, 0.1) is 13.8 Å². The highest BCUT2D eigenvalue weighted by atomic mass is 32.1. The molecular formula is C25H29F3N4OS. The van der Waals surface area contributed by atoms with Crippen LogP contribution in [0.4, 0.5) is 18.9 Å². The lowest BCUT2D eigenvalue weighted by Crippen LogP contribution is -2.47. The van der Waals surface area contributed by atoms with Crippen molar-refractivity contribution >= 4 is 33.1 Å². The number of aromatic nitrogens is 1. The Morgan fingerprint density at radius 2 is 1.88 bits per heavy atom. The molecule has 1 atom stereocenters. The van der Waals surface area contributed by atoms with Crippen LogP contribution in [0.1, 0.15) is 39.8 Å². The molecule has 2 aromatic heterocycles. The highest BCUT2D eigenvalue weighted by Gasteiger charge is 2.33. The topological polar surface area (TPSA) is 48.5 Å². The Morgan fingerprint density at radius 3 is 2.56 bits per heavy atom. The van der Waals surface area contributed by atoms with E-state index in [1.807, 2.05) is 6.92 Å². The zero-order valence-corrected chi connectivity index (χ0v) is 20.4. The van der Waals surface area contributed by atoms with Gasteiger partial charge in [-0.25, -0.2) is 4.98 Å². The van der Waals surface area contributed by atoms with Crippen molar-refractivity contribution in [2.24, 2.45) is 0 Å². The molecule has 4 rings (SSSR count). The van der Waals surface area contributed by atoms with E-state index in [9.17, 15) is 18.0 Å². The second-order valence-corrected chi connectivity index (χ2v) is 9.93. The second kappa shape index (κ2) is 9.92. The van der Waals surface area contributed by atoms with Gasteiger partial charge in [-0.3, -0.25) is 9.69 Å². The molecule has 1 amide bonds. The van der Waals surface area contributed by atoms with Gasteiger partial charge in [-0.05, 0) is 62.6 Å². The second-order valence-electron chi connectivity index (χ2n) is 8.93. The highest BCUT2D eigenvalue weighted by Crippen LogP contribution is 2.34. The molecule has 0 saturated carbocycles. The quantitative estimate of drug-likeness (QED) is 0.512. The predicted octanol–water partition coefficient (Wildman–Crippen LogP) is 5.26. The van der Waals surface area contributed by atoms with Gasteiger partial charge in [0.25, 0.3) is 5.91 Å². The first-order chi connectivity index (χ1) is 16.1.